The van der Waals surface area contributed by atoms with Crippen molar-refractivity contribution < 1.29 is 4.57 Å². The van der Waals surface area contributed by atoms with Crippen molar-refractivity contribution in [2.75, 3.05) is 0 Å². The van der Waals surface area contributed by atoms with E-state index in [0.717, 1.165) is 0 Å². The fraction of sp³-hybridized carbons (Fsp3) is 0.919. The van der Waals surface area contributed by atoms with Crippen molar-refractivity contribution in [2.45, 2.75) is 219 Å². The lowest BCUT2D eigenvalue weighted by Crippen LogP contribution is -2.41. The molecule has 2 nitrogen and oxygen atoms in total. The summed E-state index contributed by atoms with van der Waals surface area (Å²) in [6, 6.07) is 0.621. The molecule has 39 heavy (non-hydrogen) atoms. The lowest BCUT2D eigenvalue weighted by atomic mass is 9.92. The average Bonchev–Trinajstić information content (AvgIpc) is 3.44. The molecule has 1 aromatic heterocycles. The molecular weight excluding hydrogens is 472 g/mol. The van der Waals surface area contributed by atoms with E-state index < -0.39 is 0 Å². The van der Waals surface area contributed by atoms with Gasteiger partial charge in [0.05, 0.1) is 12.0 Å². The average molecular weight is 546 g/mol. The number of hydrogen-bond donors (Lipinski definition) is 1. The maximum atomic E-state index is 3.73. The Morgan fingerprint density at radius 3 is 1.21 bits per heavy atom. The molecule has 0 bridgehead atoms. The third-order valence-corrected chi connectivity index (χ3v) is 9.14. The summed E-state index contributed by atoms with van der Waals surface area (Å²) in [5.41, 5.74) is 0. The summed E-state index contributed by atoms with van der Waals surface area (Å²) < 4.78 is 2.63. The Hall–Kier alpha value is -0.790. The standard InChI is InChI=1S/C37H72N2/c1-5-8-11-14-17-18-19-20-23-26-29-32-36(31-28-25-22-16-13-10-7-3)37-38-33-34-39(37)35(4)30-27-24-21-15-12-9-6-2/h33-36H,5-32H2,1-4H3/p+1. The van der Waals surface area contributed by atoms with Gasteiger partial charge in [-0.05, 0) is 32.6 Å². The van der Waals surface area contributed by atoms with Gasteiger partial charge >= 0.3 is 0 Å². The molecule has 230 valence electrons. The minimum absolute atomic E-state index is 0.621. The summed E-state index contributed by atoms with van der Waals surface area (Å²) in [7, 11) is 0. The largest absolute Gasteiger partial charge is 0.257 e. The van der Waals surface area contributed by atoms with Crippen LogP contribution in [0, 0.1) is 0 Å². The summed E-state index contributed by atoms with van der Waals surface area (Å²) in [6.45, 7) is 9.40. The number of rotatable bonds is 30. The van der Waals surface area contributed by atoms with Gasteiger partial charge in [-0.3, -0.25) is 0 Å². The van der Waals surface area contributed by atoms with Crippen molar-refractivity contribution in [3.8, 4) is 0 Å². The maximum absolute atomic E-state index is 3.73. The molecule has 0 aliphatic carbocycles. The number of unbranched alkanes of at least 4 members (excludes halogenated alkanes) is 22. The second-order valence-corrected chi connectivity index (χ2v) is 12.9. The molecule has 0 saturated carbocycles. The van der Waals surface area contributed by atoms with Gasteiger partial charge in [0, 0.05) is 0 Å². The van der Waals surface area contributed by atoms with E-state index in [1.807, 2.05) is 0 Å². The first-order chi connectivity index (χ1) is 19.2. The first-order valence-corrected chi connectivity index (χ1v) is 18.3. The number of nitrogens with zero attached hydrogens (tertiary/aromatic N) is 1. The lowest BCUT2D eigenvalue weighted by molar-refractivity contribution is -0.727. The van der Waals surface area contributed by atoms with Gasteiger partial charge in [-0.25, -0.2) is 9.55 Å². The van der Waals surface area contributed by atoms with Crippen molar-refractivity contribution in [3.63, 3.8) is 0 Å². The molecular formula is C37H73N2+. The van der Waals surface area contributed by atoms with Crippen molar-refractivity contribution in [1.29, 1.82) is 0 Å². The Bertz CT molecular complexity index is 606. The molecule has 2 heteroatoms. The Labute approximate surface area is 246 Å². The van der Waals surface area contributed by atoms with Crippen LogP contribution in [0.15, 0.2) is 12.4 Å². The first kappa shape index (κ1) is 36.2. The molecule has 0 aliphatic rings. The van der Waals surface area contributed by atoms with Gasteiger partial charge in [-0.15, -0.1) is 0 Å². The number of nitrogens with one attached hydrogen (secondary N) is 1. The Morgan fingerprint density at radius 1 is 0.487 bits per heavy atom. The van der Waals surface area contributed by atoms with Crippen LogP contribution in [0.4, 0.5) is 0 Å². The quantitative estimate of drug-likeness (QED) is 0.0732. The number of hydrogen-bond acceptors (Lipinski definition) is 0. The molecule has 2 unspecified atom stereocenters. The van der Waals surface area contributed by atoms with Gasteiger partial charge in [0.1, 0.15) is 12.4 Å². The molecule has 1 rings (SSSR count). The molecule has 0 saturated heterocycles. The maximum Gasteiger partial charge on any atom is 0.257 e. The van der Waals surface area contributed by atoms with Crippen LogP contribution in [-0.2, 0) is 0 Å². The molecule has 1 N–H and O–H groups in total. The molecule has 0 amide bonds. The van der Waals surface area contributed by atoms with Crippen LogP contribution in [0.1, 0.15) is 225 Å². The smallest absolute Gasteiger partial charge is 0.247 e. The Kier molecular flexibility index (Phi) is 25.4. The van der Waals surface area contributed by atoms with E-state index in [0.29, 0.717) is 12.0 Å². The van der Waals surface area contributed by atoms with Crippen LogP contribution >= 0.6 is 0 Å². The summed E-state index contributed by atoms with van der Waals surface area (Å²) in [4.78, 5) is 3.73. The second kappa shape index (κ2) is 27.4. The third kappa shape index (κ3) is 19.8. The SMILES string of the molecule is CCCCCCCCCCCCCC(CCCCCCCCC)c1[nH]cc[n+]1C(C)CCCCCCCCC. The molecule has 1 heterocycles. The Morgan fingerprint density at radius 2 is 0.821 bits per heavy atom. The predicted molar refractivity (Wildman–Crippen MR) is 175 cm³/mol. The molecule has 0 aliphatic heterocycles. The Balaban J connectivity index is 2.44. The minimum Gasteiger partial charge on any atom is -0.247 e. The number of imidazole rings is 1. The fourth-order valence-electron chi connectivity index (χ4n) is 6.43. The molecule has 0 fully saturated rings. The summed E-state index contributed by atoms with van der Waals surface area (Å²) >= 11 is 0. The fourth-order valence-corrected chi connectivity index (χ4v) is 6.43. The topological polar surface area (TPSA) is 19.7 Å². The number of aromatic amines is 1. The molecule has 0 radical (unpaired) electrons. The van der Waals surface area contributed by atoms with E-state index in [9.17, 15) is 0 Å². The lowest BCUT2D eigenvalue weighted by Gasteiger charge is -2.17. The summed E-state index contributed by atoms with van der Waals surface area (Å²) in [6.07, 6.45) is 44.2. The van der Waals surface area contributed by atoms with Gasteiger partial charge in [-0.1, -0.05) is 175 Å². The number of aromatic nitrogens is 2. The monoisotopic (exact) mass is 546 g/mol. The van der Waals surface area contributed by atoms with Crippen LogP contribution in [0.25, 0.3) is 0 Å². The minimum atomic E-state index is 0.621. The van der Waals surface area contributed by atoms with Gasteiger partial charge < -0.3 is 0 Å². The normalized spacial score (nSPS) is 13.2. The van der Waals surface area contributed by atoms with Crippen molar-refractivity contribution in [2.24, 2.45) is 0 Å². The van der Waals surface area contributed by atoms with Crippen LogP contribution in [-0.4, -0.2) is 4.98 Å². The third-order valence-electron chi connectivity index (χ3n) is 9.14. The molecule has 0 spiro atoms. The predicted octanol–water partition coefficient (Wildman–Crippen LogP) is 12.9. The zero-order chi connectivity index (χ0) is 28.2. The van der Waals surface area contributed by atoms with Crippen molar-refractivity contribution in [1.82, 2.24) is 4.98 Å². The first-order valence-electron chi connectivity index (χ1n) is 18.3. The van der Waals surface area contributed by atoms with E-state index in [2.05, 4.69) is 49.6 Å². The van der Waals surface area contributed by atoms with Gasteiger partial charge in [0.2, 0.25) is 0 Å². The number of H-pyrrole nitrogens is 1. The van der Waals surface area contributed by atoms with Crippen LogP contribution < -0.4 is 4.57 Å². The van der Waals surface area contributed by atoms with Crippen LogP contribution in [0.3, 0.4) is 0 Å². The van der Waals surface area contributed by atoms with E-state index in [1.54, 1.807) is 0 Å². The highest BCUT2D eigenvalue weighted by Crippen LogP contribution is 2.27. The zero-order valence-electron chi connectivity index (χ0n) is 27.6. The van der Waals surface area contributed by atoms with Crippen LogP contribution in [0.5, 0.6) is 0 Å². The van der Waals surface area contributed by atoms with Crippen molar-refractivity contribution in [3.05, 3.63) is 18.2 Å². The van der Waals surface area contributed by atoms with E-state index >= 15 is 0 Å². The van der Waals surface area contributed by atoms with Gasteiger partial charge in [0.15, 0.2) is 0 Å². The highest BCUT2D eigenvalue weighted by molar-refractivity contribution is 4.90. The molecule has 2 atom stereocenters. The second-order valence-electron chi connectivity index (χ2n) is 12.9. The zero-order valence-corrected chi connectivity index (χ0v) is 27.6. The molecule has 1 aromatic rings. The van der Waals surface area contributed by atoms with Crippen molar-refractivity contribution >= 4 is 0 Å². The van der Waals surface area contributed by atoms with Gasteiger partial charge in [-0.2, -0.15) is 0 Å². The van der Waals surface area contributed by atoms with Crippen LogP contribution in [0.2, 0.25) is 0 Å². The molecule has 0 aromatic carbocycles. The summed E-state index contributed by atoms with van der Waals surface area (Å²) in [5.74, 6) is 2.24. The van der Waals surface area contributed by atoms with E-state index in [1.165, 1.54) is 186 Å². The van der Waals surface area contributed by atoms with E-state index in [4.69, 9.17) is 0 Å². The van der Waals surface area contributed by atoms with E-state index in [-0.39, 0.29) is 0 Å². The summed E-state index contributed by atoms with van der Waals surface area (Å²) in [5, 5.41) is 0. The highest BCUT2D eigenvalue weighted by Gasteiger charge is 2.25. The highest BCUT2D eigenvalue weighted by atomic mass is 15.1. The van der Waals surface area contributed by atoms with Gasteiger partial charge in [0.25, 0.3) is 5.82 Å².